The van der Waals surface area contributed by atoms with Crippen LogP contribution in [0.2, 0.25) is 0 Å². The maximum atomic E-state index is 4.32. The third-order valence-corrected chi connectivity index (χ3v) is 2.38. The van der Waals surface area contributed by atoms with Gasteiger partial charge in [0.1, 0.15) is 5.82 Å². The minimum absolute atomic E-state index is 0.517. The lowest BCUT2D eigenvalue weighted by Gasteiger charge is -2.15. The van der Waals surface area contributed by atoms with E-state index in [4.69, 9.17) is 0 Å². The number of anilines is 1. The smallest absolute Gasteiger partial charge is 0.129 e. The Morgan fingerprint density at radius 2 is 2.29 bits per heavy atom. The first kappa shape index (κ1) is 11.0. The maximum Gasteiger partial charge on any atom is 0.129 e. The topological polar surface area (TPSA) is 24.9 Å². The van der Waals surface area contributed by atoms with Gasteiger partial charge in [0.25, 0.3) is 0 Å². The highest BCUT2D eigenvalue weighted by Crippen LogP contribution is 2.12. The maximum absolute atomic E-state index is 4.32. The van der Waals surface area contributed by atoms with Crippen LogP contribution in [0, 0.1) is 6.92 Å². The summed E-state index contributed by atoms with van der Waals surface area (Å²) in [4.78, 5) is 4.32. The van der Waals surface area contributed by atoms with Crippen LogP contribution in [0.4, 0.5) is 5.82 Å². The van der Waals surface area contributed by atoms with Gasteiger partial charge in [-0.2, -0.15) is 0 Å². The summed E-state index contributed by atoms with van der Waals surface area (Å²) in [6.45, 7) is 6.52. The van der Waals surface area contributed by atoms with Gasteiger partial charge < -0.3 is 5.32 Å². The summed E-state index contributed by atoms with van der Waals surface area (Å²) >= 11 is 0. The van der Waals surface area contributed by atoms with Crippen LogP contribution < -0.4 is 5.32 Å². The van der Waals surface area contributed by atoms with Crippen LogP contribution in [0.1, 0.15) is 38.7 Å². The molecule has 1 heterocycles. The third kappa shape index (κ3) is 3.36. The number of unbranched alkanes of at least 4 members (excludes halogenated alkanes) is 1. The zero-order chi connectivity index (χ0) is 10.4. The van der Waals surface area contributed by atoms with E-state index in [1.807, 2.05) is 12.3 Å². The van der Waals surface area contributed by atoms with Crippen molar-refractivity contribution < 1.29 is 0 Å². The van der Waals surface area contributed by atoms with Crippen molar-refractivity contribution >= 4 is 5.82 Å². The van der Waals surface area contributed by atoms with E-state index in [1.54, 1.807) is 0 Å². The van der Waals surface area contributed by atoms with Crippen molar-refractivity contribution in [3.8, 4) is 0 Å². The molecule has 1 N–H and O–H groups in total. The number of nitrogens with zero attached hydrogens (tertiary/aromatic N) is 1. The molecule has 1 atom stereocenters. The molecule has 0 aliphatic rings. The minimum atomic E-state index is 0.517. The summed E-state index contributed by atoms with van der Waals surface area (Å²) in [5.74, 6) is 1.02. The molecule has 1 unspecified atom stereocenters. The van der Waals surface area contributed by atoms with Crippen molar-refractivity contribution in [2.24, 2.45) is 0 Å². The summed E-state index contributed by atoms with van der Waals surface area (Å²) in [6.07, 6.45) is 5.58. The lowest BCUT2D eigenvalue weighted by Crippen LogP contribution is -2.16. The van der Waals surface area contributed by atoms with Crippen molar-refractivity contribution in [3.63, 3.8) is 0 Å². The molecule has 0 aromatic carbocycles. The fraction of sp³-hybridized carbons (Fsp3) is 0.583. The molecule has 0 saturated heterocycles. The molecule has 14 heavy (non-hydrogen) atoms. The van der Waals surface area contributed by atoms with Gasteiger partial charge in [-0.15, -0.1) is 0 Å². The molecule has 0 aliphatic heterocycles. The summed E-state index contributed by atoms with van der Waals surface area (Å²) in [5, 5.41) is 3.43. The minimum Gasteiger partial charge on any atom is -0.367 e. The first-order valence-corrected chi connectivity index (χ1v) is 5.42. The molecule has 1 aromatic rings. The van der Waals surface area contributed by atoms with Gasteiger partial charge in [0.05, 0.1) is 0 Å². The molecule has 1 rings (SSSR count). The summed E-state index contributed by atoms with van der Waals surface area (Å²) in [5.41, 5.74) is 1.22. The molecule has 2 heteroatoms. The Bertz CT molecular complexity index is 271. The molecule has 2 nitrogen and oxygen atoms in total. The summed E-state index contributed by atoms with van der Waals surface area (Å²) < 4.78 is 0. The second-order valence-corrected chi connectivity index (χ2v) is 3.86. The zero-order valence-corrected chi connectivity index (χ0v) is 9.38. The lowest BCUT2D eigenvalue weighted by molar-refractivity contribution is 0.643. The van der Waals surface area contributed by atoms with E-state index < -0.39 is 0 Å². The van der Waals surface area contributed by atoms with E-state index in [0.29, 0.717) is 6.04 Å². The Labute approximate surface area is 86.8 Å². The Hall–Kier alpha value is -1.05. The van der Waals surface area contributed by atoms with Gasteiger partial charge in [0, 0.05) is 12.2 Å². The molecule has 78 valence electrons. The Morgan fingerprint density at radius 3 is 2.93 bits per heavy atom. The number of rotatable bonds is 5. The SMILES string of the molecule is CCCCC(C)Nc1ncccc1C. The molecular formula is C12H20N2. The molecule has 0 bridgehead atoms. The Morgan fingerprint density at radius 1 is 1.50 bits per heavy atom. The fourth-order valence-corrected chi connectivity index (χ4v) is 1.45. The molecule has 0 aliphatic carbocycles. The number of nitrogens with one attached hydrogen (secondary N) is 1. The first-order valence-electron chi connectivity index (χ1n) is 5.42. The molecule has 0 saturated carbocycles. The number of aromatic nitrogens is 1. The van der Waals surface area contributed by atoms with E-state index in [2.05, 4.69) is 37.1 Å². The number of aryl methyl sites for hydroxylation is 1. The van der Waals surface area contributed by atoms with Crippen LogP contribution in [-0.4, -0.2) is 11.0 Å². The van der Waals surface area contributed by atoms with Crippen LogP contribution in [0.15, 0.2) is 18.3 Å². The van der Waals surface area contributed by atoms with Crippen molar-refractivity contribution in [3.05, 3.63) is 23.9 Å². The Kier molecular flexibility index (Phi) is 4.44. The van der Waals surface area contributed by atoms with Gasteiger partial charge in [-0.05, 0) is 31.9 Å². The van der Waals surface area contributed by atoms with E-state index in [-0.39, 0.29) is 0 Å². The second kappa shape index (κ2) is 5.63. The standard InChI is InChI=1S/C12H20N2/c1-4-5-8-11(3)14-12-10(2)7-6-9-13-12/h6-7,9,11H,4-5,8H2,1-3H3,(H,13,14). The molecule has 0 radical (unpaired) electrons. The molecule has 0 amide bonds. The predicted octanol–water partition coefficient (Wildman–Crippen LogP) is 3.38. The van der Waals surface area contributed by atoms with E-state index in [1.165, 1.54) is 24.8 Å². The highest BCUT2D eigenvalue weighted by atomic mass is 15.0. The van der Waals surface area contributed by atoms with Gasteiger partial charge in [0.2, 0.25) is 0 Å². The quantitative estimate of drug-likeness (QED) is 0.773. The van der Waals surface area contributed by atoms with E-state index >= 15 is 0 Å². The van der Waals surface area contributed by atoms with Crippen LogP contribution in [0.5, 0.6) is 0 Å². The highest BCUT2D eigenvalue weighted by Gasteiger charge is 2.03. The van der Waals surface area contributed by atoms with E-state index in [9.17, 15) is 0 Å². The van der Waals surface area contributed by atoms with Gasteiger partial charge in [-0.1, -0.05) is 25.8 Å². The van der Waals surface area contributed by atoms with Gasteiger partial charge in [-0.3, -0.25) is 0 Å². The second-order valence-electron chi connectivity index (χ2n) is 3.86. The molecular weight excluding hydrogens is 172 g/mol. The predicted molar refractivity (Wildman–Crippen MR) is 61.6 cm³/mol. The fourth-order valence-electron chi connectivity index (χ4n) is 1.45. The van der Waals surface area contributed by atoms with Gasteiger partial charge >= 0.3 is 0 Å². The highest BCUT2D eigenvalue weighted by molar-refractivity contribution is 5.43. The van der Waals surface area contributed by atoms with Crippen LogP contribution in [-0.2, 0) is 0 Å². The van der Waals surface area contributed by atoms with Gasteiger partial charge in [-0.25, -0.2) is 4.98 Å². The van der Waals surface area contributed by atoms with Crippen molar-refractivity contribution in [2.45, 2.75) is 46.1 Å². The van der Waals surface area contributed by atoms with Crippen molar-refractivity contribution in [1.82, 2.24) is 4.98 Å². The van der Waals surface area contributed by atoms with E-state index in [0.717, 1.165) is 5.82 Å². The van der Waals surface area contributed by atoms with Crippen molar-refractivity contribution in [1.29, 1.82) is 0 Å². The number of pyridine rings is 1. The van der Waals surface area contributed by atoms with Crippen LogP contribution in [0.25, 0.3) is 0 Å². The number of hydrogen-bond donors (Lipinski definition) is 1. The molecule has 1 aromatic heterocycles. The summed E-state index contributed by atoms with van der Waals surface area (Å²) in [7, 11) is 0. The largest absolute Gasteiger partial charge is 0.367 e. The molecule has 0 fully saturated rings. The van der Waals surface area contributed by atoms with Gasteiger partial charge in [0.15, 0.2) is 0 Å². The molecule has 0 spiro atoms. The first-order chi connectivity index (χ1) is 6.74. The van der Waals surface area contributed by atoms with Crippen LogP contribution in [0.3, 0.4) is 0 Å². The average Bonchev–Trinajstić information content (AvgIpc) is 2.18. The average molecular weight is 192 g/mol. The number of hydrogen-bond acceptors (Lipinski definition) is 2. The van der Waals surface area contributed by atoms with Crippen LogP contribution >= 0.6 is 0 Å². The third-order valence-electron chi connectivity index (χ3n) is 2.38. The zero-order valence-electron chi connectivity index (χ0n) is 9.38. The monoisotopic (exact) mass is 192 g/mol. The summed E-state index contributed by atoms with van der Waals surface area (Å²) in [6, 6.07) is 4.57. The Balaban J connectivity index is 2.47. The normalized spacial score (nSPS) is 12.5. The van der Waals surface area contributed by atoms with Crippen molar-refractivity contribution in [2.75, 3.05) is 5.32 Å². The lowest BCUT2D eigenvalue weighted by atomic mass is 10.1.